The second kappa shape index (κ2) is 5.79. The van der Waals surface area contributed by atoms with E-state index in [0.717, 1.165) is 18.4 Å². The van der Waals surface area contributed by atoms with E-state index in [9.17, 15) is 9.59 Å². The largest absolute Gasteiger partial charge is 0.370 e. The number of carbonyl (C=O) groups is 2. The van der Waals surface area contributed by atoms with Crippen molar-refractivity contribution in [3.05, 3.63) is 30.1 Å². The molecule has 2 amide bonds. The quantitative estimate of drug-likeness (QED) is 0.739. The van der Waals surface area contributed by atoms with Crippen molar-refractivity contribution in [1.82, 2.24) is 9.88 Å². The van der Waals surface area contributed by atoms with E-state index < -0.39 is 11.9 Å². The summed E-state index contributed by atoms with van der Waals surface area (Å²) in [5.74, 6) is -0.765. The smallest absolute Gasteiger partial charge is 0.240 e. The van der Waals surface area contributed by atoms with Gasteiger partial charge in [-0.15, -0.1) is 0 Å². The second-order valence-corrected chi connectivity index (χ2v) is 4.83. The van der Waals surface area contributed by atoms with Gasteiger partial charge in [-0.3, -0.25) is 14.6 Å². The number of hydrogen-bond donors (Lipinski definition) is 2. The van der Waals surface area contributed by atoms with Crippen molar-refractivity contribution in [2.45, 2.75) is 37.9 Å². The van der Waals surface area contributed by atoms with E-state index in [1.165, 1.54) is 0 Å². The molecule has 6 heteroatoms. The number of aromatic nitrogens is 1. The molecule has 1 unspecified atom stereocenters. The number of rotatable bonds is 6. The highest BCUT2D eigenvalue weighted by Crippen LogP contribution is 2.28. The first-order chi connectivity index (χ1) is 9.08. The van der Waals surface area contributed by atoms with Crippen molar-refractivity contribution >= 4 is 11.8 Å². The third-order valence-electron chi connectivity index (χ3n) is 3.11. The summed E-state index contributed by atoms with van der Waals surface area (Å²) in [6, 6.07) is 3.12. The summed E-state index contributed by atoms with van der Waals surface area (Å²) in [4.78, 5) is 28.8. The third-order valence-corrected chi connectivity index (χ3v) is 3.11. The summed E-state index contributed by atoms with van der Waals surface area (Å²) in [7, 11) is 0. The normalized spacial score (nSPS) is 15.8. The number of primary amides is 1. The summed E-state index contributed by atoms with van der Waals surface area (Å²) in [6.07, 6.45) is 5.24. The zero-order chi connectivity index (χ0) is 13.8. The lowest BCUT2D eigenvalue weighted by molar-refractivity contribution is -0.135. The molecule has 1 heterocycles. The number of hydrogen-bond acceptors (Lipinski definition) is 4. The average Bonchev–Trinajstić information content (AvgIpc) is 3.20. The first-order valence-corrected chi connectivity index (χ1v) is 6.31. The van der Waals surface area contributed by atoms with Crippen LogP contribution < -0.4 is 11.5 Å². The SMILES string of the molecule is NC(=O)CC(N)C(=O)N(Cc1ccncc1)C1CC1. The Morgan fingerprint density at radius 3 is 2.53 bits per heavy atom. The minimum atomic E-state index is -0.847. The Morgan fingerprint density at radius 1 is 1.37 bits per heavy atom. The van der Waals surface area contributed by atoms with Crippen LogP contribution in [0, 0.1) is 0 Å². The molecule has 6 nitrogen and oxygen atoms in total. The molecule has 0 radical (unpaired) electrons. The first kappa shape index (κ1) is 13.5. The molecule has 2 rings (SSSR count). The van der Waals surface area contributed by atoms with Gasteiger partial charge in [-0.25, -0.2) is 0 Å². The van der Waals surface area contributed by atoms with Crippen molar-refractivity contribution in [2.75, 3.05) is 0 Å². The van der Waals surface area contributed by atoms with Gasteiger partial charge in [0.15, 0.2) is 0 Å². The van der Waals surface area contributed by atoms with Crippen molar-refractivity contribution in [2.24, 2.45) is 11.5 Å². The molecular weight excluding hydrogens is 244 g/mol. The van der Waals surface area contributed by atoms with Crippen molar-refractivity contribution in [1.29, 1.82) is 0 Å². The predicted octanol–water partition coefficient (Wildman–Crippen LogP) is -0.225. The van der Waals surface area contributed by atoms with Gasteiger partial charge in [0.05, 0.1) is 12.5 Å². The molecule has 1 atom stereocenters. The van der Waals surface area contributed by atoms with Crippen molar-refractivity contribution < 1.29 is 9.59 Å². The summed E-state index contributed by atoms with van der Waals surface area (Å²) in [5, 5.41) is 0. The van der Waals surface area contributed by atoms with Gasteiger partial charge < -0.3 is 16.4 Å². The fraction of sp³-hybridized carbons (Fsp3) is 0.462. The molecule has 0 spiro atoms. The average molecular weight is 262 g/mol. The maximum Gasteiger partial charge on any atom is 0.240 e. The molecule has 1 aromatic heterocycles. The third kappa shape index (κ3) is 3.75. The number of nitrogens with zero attached hydrogens (tertiary/aromatic N) is 2. The molecule has 1 aliphatic rings. The molecule has 4 N–H and O–H groups in total. The highest BCUT2D eigenvalue weighted by Gasteiger charge is 2.35. The van der Waals surface area contributed by atoms with Crippen LogP contribution in [0.25, 0.3) is 0 Å². The highest BCUT2D eigenvalue weighted by molar-refractivity contribution is 5.87. The van der Waals surface area contributed by atoms with Gasteiger partial charge in [0, 0.05) is 25.0 Å². The molecular formula is C13H18N4O2. The fourth-order valence-corrected chi connectivity index (χ4v) is 1.98. The van der Waals surface area contributed by atoms with E-state index in [1.54, 1.807) is 17.3 Å². The predicted molar refractivity (Wildman–Crippen MR) is 69.6 cm³/mol. The molecule has 0 saturated heterocycles. The molecule has 1 aromatic rings. The second-order valence-electron chi connectivity index (χ2n) is 4.83. The summed E-state index contributed by atoms with van der Waals surface area (Å²) in [6.45, 7) is 0.498. The van der Waals surface area contributed by atoms with Crippen LogP contribution in [0.2, 0.25) is 0 Å². The van der Waals surface area contributed by atoms with E-state index >= 15 is 0 Å². The molecule has 0 aromatic carbocycles. The van der Waals surface area contributed by atoms with E-state index in [-0.39, 0.29) is 18.4 Å². The van der Waals surface area contributed by atoms with Crippen LogP contribution in [0.3, 0.4) is 0 Å². The van der Waals surface area contributed by atoms with Crippen LogP contribution in [-0.4, -0.2) is 33.8 Å². The lowest BCUT2D eigenvalue weighted by Crippen LogP contribution is -2.46. The Balaban J connectivity index is 2.03. The first-order valence-electron chi connectivity index (χ1n) is 6.31. The van der Waals surface area contributed by atoms with E-state index in [2.05, 4.69) is 4.98 Å². The van der Waals surface area contributed by atoms with Crippen LogP contribution >= 0.6 is 0 Å². The topological polar surface area (TPSA) is 102 Å². The highest BCUT2D eigenvalue weighted by atomic mass is 16.2. The molecule has 1 saturated carbocycles. The zero-order valence-corrected chi connectivity index (χ0v) is 10.7. The van der Waals surface area contributed by atoms with Crippen LogP contribution in [-0.2, 0) is 16.1 Å². The Kier molecular flexibility index (Phi) is 4.11. The van der Waals surface area contributed by atoms with Crippen LogP contribution in [0.15, 0.2) is 24.5 Å². The zero-order valence-electron chi connectivity index (χ0n) is 10.7. The molecule has 1 aliphatic carbocycles. The van der Waals surface area contributed by atoms with Gasteiger partial charge in [-0.05, 0) is 30.5 Å². The van der Waals surface area contributed by atoms with Gasteiger partial charge in [-0.2, -0.15) is 0 Å². The number of amides is 2. The minimum absolute atomic E-state index is 0.113. The van der Waals surface area contributed by atoms with Gasteiger partial charge in [0.2, 0.25) is 11.8 Å². The summed E-state index contributed by atoms with van der Waals surface area (Å²) in [5.41, 5.74) is 11.8. The number of carbonyl (C=O) groups excluding carboxylic acids is 2. The minimum Gasteiger partial charge on any atom is -0.370 e. The van der Waals surface area contributed by atoms with Crippen molar-refractivity contribution in [3.8, 4) is 0 Å². The van der Waals surface area contributed by atoms with Crippen LogP contribution in [0.1, 0.15) is 24.8 Å². The Bertz CT molecular complexity index is 459. The van der Waals surface area contributed by atoms with Gasteiger partial charge in [-0.1, -0.05) is 0 Å². The Labute approximate surface area is 111 Å². The molecule has 1 fully saturated rings. The molecule has 102 valence electrons. The van der Waals surface area contributed by atoms with Gasteiger partial charge in [0.1, 0.15) is 0 Å². The van der Waals surface area contributed by atoms with E-state index in [4.69, 9.17) is 11.5 Å². The Morgan fingerprint density at radius 2 is 2.00 bits per heavy atom. The van der Waals surface area contributed by atoms with Gasteiger partial charge in [0.25, 0.3) is 0 Å². The lowest BCUT2D eigenvalue weighted by atomic mass is 10.1. The molecule has 0 bridgehead atoms. The number of pyridine rings is 1. The summed E-state index contributed by atoms with van der Waals surface area (Å²) >= 11 is 0. The van der Waals surface area contributed by atoms with Crippen LogP contribution in [0.5, 0.6) is 0 Å². The molecule has 0 aliphatic heterocycles. The van der Waals surface area contributed by atoms with Crippen LogP contribution in [0.4, 0.5) is 0 Å². The van der Waals surface area contributed by atoms with Gasteiger partial charge >= 0.3 is 0 Å². The van der Waals surface area contributed by atoms with E-state index in [0.29, 0.717) is 6.54 Å². The number of nitrogens with two attached hydrogens (primary N) is 2. The summed E-state index contributed by atoms with van der Waals surface area (Å²) < 4.78 is 0. The fourth-order valence-electron chi connectivity index (χ4n) is 1.98. The van der Waals surface area contributed by atoms with Crippen molar-refractivity contribution in [3.63, 3.8) is 0 Å². The Hall–Kier alpha value is -1.95. The maximum atomic E-state index is 12.2. The van der Waals surface area contributed by atoms with E-state index in [1.807, 2.05) is 12.1 Å². The lowest BCUT2D eigenvalue weighted by Gasteiger charge is -2.25. The standard InChI is InChI=1S/C13H18N4O2/c14-11(7-12(15)18)13(19)17(10-1-2-10)8-9-3-5-16-6-4-9/h3-6,10-11H,1-2,7-8,14H2,(H2,15,18). The molecule has 19 heavy (non-hydrogen) atoms. The maximum absolute atomic E-state index is 12.2. The monoisotopic (exact) mass is 262 g/mol.